The van der Waals surface area contributed by atoms with Crippen LogP contribution in [0.25, 0.3) is 11.0 Å². The Labute approximate surface area is 117 Å². The van der Waals surface area contributed by atoms with E-state index in [4.69, 9.17) is 11.6 Å². The van der Waals surface area contributed by atoms with Crippen LogP contribution in [-0.4, -0.2) is 9.55 Å². The maximum Gasteiger partial charge on any atom is 0.125 e. The Morgan fingerprint density at radius 1 is 1.53 bits per heavy atom. The van der Waals surface area contributed by atoms with Crippen molar-refractivity contribution in [3.63, 3.8) is 0 Å². The van der Waals surface area contributed by atoms with Crippen molar-refractivity contribution in [2.24, 2.45) is 5.92 Å². The van der Waals surface area contributed by atoms with E-state index in [9.17, 15) is 5.26 Å². The highest BCUT2D eigenvalue weighted by molar-refractivity contribution is 6.16. The van der Waals surface area contributed by atoms with Gasteiger partial charge in [0.2, 0.25) is 0 Å². The molecule has 0 aliphatic heterocycles. The van der Waals surface area contributed by atoms with Crippen molar-refractivity contribution < 1.29 is 0 Å². The number of nitriles is 1. The summed E-state index contributed by atoms with van der Waals surface area (Å²) in [5, 5.41) is 9.18. The molecule has 98 valence electrons. The molecule has 4 heteroatoms. The third-order valence-electron chi connectivity index (χ3n) is 4.27. The lowest BCUT2D eigenvalue weighted by Gasteiger charge is -2.33. The van der Waals surface area contributed by atoms with Gasteiger partial charge < -0.3 is 4.57 Å². The monoisotopic (exact) mass is 273 g/mol. The molecule has 1 saturated carbocycles. The van der Waals surface area contributed by atoms with Crippen LogP contribution in [0.5, 0.6) is 0 Å². The van der Waals surface area contributed by atoms with Crippen LogP contribution < -0.4 is 0 Å². The van der Waals surface area contributed by atoms with Gasteiger partial charge in [-0.2, -0.15) is 5.26 Å². The fourth-order valence-electron chi connectivity index (χ4n) is 2.94. The number of fused-ring (bicyclic) bond motifs is 1. The predicted molar refractivity (Wildman–Crippen MR) is 76.1 cm³/mol. The predicted octanol–water partition coefficient (Wildman–Crippen LogP) is 4.01. The average molecular weight is 274 g/mol. The molecular formula is C15H16ClN3. The minimum Gasteiger partial charge on any atom is -0.324 e. The summed E-state index contributed by atoms with van der Waals surface area (Å²) in [5.74, 6) is 1.97. The molecule has 3 nitrogen and oxygen atoms in total. The first-order valence-corrected chi connectivity index (χ1v) is 7.25. The summed E-state index contributed by atoms with van der Waals surface area (Å²) in [6.45, 7) is 2.24. The maximum absolute atomic E-state index is 9.18. The third-order valence-corrected chi connectivity index (χ3v) is 4.51. The molecule has 1 atom stereocenters. The molecule has 1 aromatic heterocycles. The van der Waals surface area contributed by atoms with Crippen molar-refractivity contribution in [1.82, 2.24) is 9.55 Å². The first kappa shape index (κ1) is 12.5. The van der Waals surface area contributed by atoms with Crippen LogP contribution in [0.2, 0.25) is 0 Å². The third kappa shape index (κ3) is 1.91. The number of para-hydroxylation sites is 1. The number of halogens is 1. The SMILES string of the molecule is CC(C1CCC1)n1c(CCl)nc2c(C#N)cccc21. The van der Waals surface area contributed by atoms with E-state index in [2.05, 4.69) is 22.5 Å². The van der Waals surface area contributed by atoms with Gasteiger partial charge in [0.25, 0.3) is 0 Å². The number of alkyl halides is 1. The highest BCUT2D eigenvalue weighted by atomic mass is 35.5. The van der Waals surface area contributed by atoms with Crippen molar-refractivity contribution in [2.75, 3.05) is 0 Å². The van der Waals surface area contributed by atoms with Gasteiger partial charge in [0.15, 0.2) is 0 Å². The van der Waals surface area contributed by atoms with Gasteiger partial charge in [-0.1, -0.05) is 12.5 Å². The molecule has 1 aromatic carbocycles. The number of hydrogen-bond donors (Lipinski definition) is 0. The minimum absolute atomic E-state index is 0.386. The zero-order chi connectivity index (χ0) is 13.4. The van der Waals surface area contributed by atoms with Crippen molar-refractivity contribution in [3.05, 3.63) is 29.6 Å². The zero-order valence-corrected chi connectivity index (χ0v) is 11.7. The molecule has 3 rings (SSSR count). The lowest BCUT2D eigenvalue weighted by molar-refractivity contribution is 0.223. The van der Waals surface area contributed by atoms with Crippen LogP contribution in [0.4, 0.5) is 0 Å². The highest BCUT2D eigenvalue weighted by Crippen LogP contribution is 2.38. The maximum atomic E-state index is 9.18. The molecule has 1 fully saturated rings. The van der Waals surface area contributed by atoms with Gasteiger partial charge in [0, 0.05) is 6.04 Å². The first-order chi connectivity index (χ1) is 9.26. The van der Waals surface area contributed by atoms with Gasteiger partial charge >= 0.3 is 0 Å². The molecule has 0 spiro atoms. The van der Waals surface area contributed by atoms with E-state index < -0.39 is 0 Å². The lowest BCUT2D eigenvalue weighted by Crippen LogP contribution is -2.23. The van der Waals surface area contributed by atoms with Gasteiger partial charge in [0.05, 0.1) is 17.0 Å². The second-order valence-corrected chi connectivity index (χ2v) is 5.52. The van der Waals surface area contributed by atoms with Gasteiger partial charge in [-0.15, -0.1) is 11.6 Å². The zero-order valence-electron chi connectivity index (χ0n) is 10.9. The van der Waals surface area contributed by atoms with Crippen LogP contribution in [0, 0.1) is 17.2 Å². The molecule has 2 aromatic rings. The Morgan fingerprint density at radius 3 is 2.89 bits per heavy atom. The van der Waals surface area contributed by atoms with Crippen LogP contribution in [0.15, 0.2) is 18.2 Å². The average Bonchev–Trinajstić information content (AvgIpc) is 2.74. The molecule has 0 bridgehead atoms. The quantitative estimate of drug-likeness (QED) is 0.793. The van der Waals surface area contributed by atoms with E-state index in [0.29, 0.717) is 23.4 Å². The summed E-state index contributed by atoms with van der Waals surface area (Å²) in [4.78, 5) is 4.57. The Kier molecular flexibility index (Phi) is 3.20. The molecular weight excluding hydrogens is 258 g/mol. The normalized spacial score (nSPS) is 17.1. The topological polar surface area (TPSA) is 41.6 Å². The smallest absolute Gasteiger partial charge is 0.125 e. The highest BCUT2D eigenvalue weighted by Gasteiger charge is 2.28. The largest absolute Gasteiger partial charge is 0.324 e. The fraction of sp³-hybridized carbons (Fsp3) is 0.467. The molecule has 1 aliphatic rings. The number of rotatable bonds is 3. The lowest BCUT2D eigenvalue weighted by atomic mass is 9.80. The summed E-state index contributed by atoms with van der Waals surface area (Å²) in [5.41, 5.74) is 2.45. The number of benzene rings is 1. The van der Waals surface area contributed by atoms with E-state index in [0.717, 1.165) is 16.9 Å². The van der Waals surface area contributed by atoms with Gasteiger partial charge in [-0.25, -0.2) is 4.98 Å². The number of nitrogens with zero attached hydrogens (tertiary/aromatic N) is 3. The summed E-state index contributed by atoms with van der Waals surface area (Å²) < 4.78 is 2.23. The van der Waals surface area contributed by atoms with Crippen LogP contribution in [0.3, 0.4) is 0 Å². The Hall–Kier alpha value is -1.53. The van der Waals surface area contributed by atoms with Crippen LogP contribution in [-0.2, 0) is 5.88 Å². The Balaban J connectivity index is 2.19. The summed E-state index contributed by atoms with van der Waals surface area (Å²) in [6, 6.07) is 8.38. The summed E-state index contributed by atoms with van der Waals surface area (Å²) >= 11 is 6.04. The molecule has 0 amide bonds. The molecule has 1 unspecified atom stereocenters. The minimum atomic E-state index is 0.386. The summed E-state index contributed by atoms with van der Waals surface area (Å²) in [7, 11) is 0. The molecule has 1 aliphatic carbocycles. The van der Waals surface area contributed by atoms with E-state index in [-0.39, 0.29) is 0 Å². The fourth-order valence-corrected chi connectivity index (χ4v) is 3.13. The van der Waals surface area contributed by atoms with E-state index in [1.165, 1.54) is 19.3 Å². The van der Waals surface area contributed by atoms with Crippen molar-refractivity contribution >= 4 is 22.6 Å². The van der Waals surface area contributed by atoms with Gasteiger partial charge in [-0.05, 0) is 37.8 Å². The van der Waals surface area contributed by atoms with Crippen molar-refractivity contribution in [2.45, 2.75) is 38.1 Å². The second-order valence-electron chi connectivity index (χ2n) is 5.25. The molecule has 19 heavy (non-hydrogen) atoms. The standard InChI is InChI=1S/C15H16ClN3/c1-10(11-4-2-5-11)19-13-7-3-6-12(9-17)15(13)18-14(19)8-16/h3,6-7,10-11H,2,4-5,8H2,1H3. The Morgan fingerprint density at radius 2 is 2.32 bits per heavy atom. The molecule has 1 heterocycles. The number of hydrogen-bond acceptors (Lipinski definition) is 2. The number of imidazole rings is 1. The van der Waals surface area contributed by atoms with E-state index in [1.54, 1.807) is 0 Å². The molecule has 0 saturated heterocycles. The van der Waals surface area contributed by atoms with Crippen molar-refractivity contribution in [3.8, 4) is 6.07 Å². The second kappa shape index (κ2) is 4.86. The van der Waals surface area contributed by atoms with Crippen molar-refractivity contribution in [1.29, 1.82) is 5.26 Å². The van der Waals surface area contributed by atoms with E-state index in [1.807, 2.05) is 18.2 Å². The molecule has 0 radical (unpaired) electrons. The van der Waals surface area contributed by atoms with E-state index >= 15 is 0 Å². The van der Waals surface area contributed by atoms with Crippen LogP contribution in [0.1, 0.15) is 43.6 Å². The molecule has 0 N–H and O–H groups in total. The van der Waals surface area contributed by atoms with Crippen LogP contribution >= 0.6 is 11.6 Å². The Bertz CT molecular complexity index is 649. The van der Waals surface area contributed by atoms with Gasteiger partial charge in [-0.3, -0.25) is 0 Å². The first-order valence-electron chi connectivity index (χ1n) is 6.72. The summed E-state index contributed by atoms with van der Waals surface area (Å²) in [6.07, 6.45) is 3.88. The van der Waals surface area contributed by atoms with Gasteiger partial charge in [0.1, 0.15) is 17.4 Å². The number of aromatic nitrogens is 2.